The van der Waals surface area contributed by atoms with Crippen LogP contribution >= 0.6 is 22.9 Å². The Hall–Kier alpha value is -2.31. The minimum absolute atomic E-state index is 0.101. The van der Waals surface area contributed by atoms with Gasteiger partial charge < -0.3 is 9.47 Å². The van der Waals surface area contributed by atoms with E-state index in [4.69, 9.17) is 21.1 Å². The highest BCUT2D eigenvalue weighted by Crippen LogP contribution is 2.28. The number of benzene rings is 2. The molecule has 0 aliphatic carbocycles. The number of hydrogen-bond donors (Lipinski definition) is 1. The van der Waals surface area contributed by atoms with Crippen molar-refractivity contribution in [2.75, 3.05) is 18.5 Å². The third-order valence-electron chi connectivity index (χ3n) is 3.79. The summed E-state index contributed by atoms with van der Waals surface area (Å²) in [5.41, 5.74) is 0.800. The first kappa shape index (κ1) is 19.5. The van der Waals surface area contributed by atoms with Crippen LogP contribution in [0.2, 0.25) is 5.02 Å². The summed E-state index contributed by atoms with van der Waals surface area (Å²) in [7, 11) is 0. The molecule has 0 spiro atoms. The molecule has 0 fully saturated rings. The Balaban J connectivity index is 1.51. The minimum Gasteiger partial charge on any atom is -0.493 e. The number of hydrogen-bond acceptors (Lipinski definition) is 5. The van der Waals surface area contributed by atoms with E-state index in [0.717, 1.165) is 35.2 Å². The molecule has 0 aliphatic heterocycles. The van der Waals surface area contributed by atoms with Gasteiger partial charge in [0.25, 0.3) is 5.91 Å². The molecule has 0 atom stereocenters. The van der Waals surface area contributed by atoms with Gasteiger partial charge in [-0.2, -0.15) is 0 Å². The van der Waals surface area contributed by atoms with Crippen molar-refractivity contribution in [3.63, 3.8) is 0 Å². The number of aromatic nitrogens is 1. The van der Waals surface area contributed by atoms with E-state index in [2.05, 4.69) is 17.2 Å². The van der Waals surface area contributed by atoms with Gasteiger partial charge in [-0.25, -0.2) is 4.98 Å². The largest absolute Gasteiger partial charge is 0.493 e. The van der Waals surface area contributed by atoms with Gasteiger partial charge in [-0.3, -0.25) is 10.1 Å². The number of amides is 1. The lowest BCUT2D eigenvalue weighted by Crippen LogP contribution is -2.20. The standard InChI is InChI=1S/C20H21ClN2O3S/c1-2-3-4-10-25-15-6-5-7-16(12-15)26-13-19(24)23-20-22-17-9-8-14(21)11-18(17)27-20/h5-9,11-12H,2-4,10,13H2,1H3,(H,22,23,24). The number of ether oxygens (including phenoxy) is 2. The van der Waals surface area contributed by atoms with E-state index >= 15 is 0 Å². The van der Waals surface area contributed by atoms with Crippen molar-refractivity contribution in [3.05, 3.63) is 47.5 Å². The van der Waals surface area contributed by atoms with Crippen LogP contribution in [0.5, 0.6) is 11.5 Å². The monoisotopic (exact) mass is 404 g/mol. The maximum atomic E-state index is 12.1. The number of fused-ring (bicyclic) bond motifs is 1. The van der Waals surface area contributed by atoms with E-state index in [9.17, 15) is 4.79 Å². The first-order valence-electron chi connectivity index (χ1n) is 8.85. The Bertz CT molecular complexity index is 913. The molecular weight excluding hydrogens is 384 g/mol. The minimum atomic E-state index is -0.269. The second-order valence-electron chi connectivity index (χ2n) is 6.00. The van der Waals surface area contributed by atoms with E-state index in [1.54, 1.807) is 18.2 Å². The molecule has 0 bridgehead atoms. The van der Waals surface area contributed by atoms with Crippen LogP contribution < -0.4 is 14.8 Å². The average molecular weight is 405 g/mol. The third-order valence-corrected chi connectivity index (χ3v) is 4.96. The summed E-state index contributed by atoms with van der Waals surface area (Å²) in [5, 5.41) is 3.92. The summed E-state index contributed by atoms with van der Waals surface area (Å²) in [4.78, 5) is 16.5. The quantitative estimate of drug-likeness (QED) is 0.476. The van der Waals surface area contributed by atoms with Crippen LogP contribution in [0, 0.1) is 0 Å². The molecule has 1 aromatic heterocycles. The zero-order valence-electron chi connectivity index (χ0n) is 15.0. The van der Waals surface area contributed by atoms with Crippen LogP contribution in [0.1, 0.15) is 26.2 Å². The number of thiazole rings is 1. The molecule has 1 N–H and O–H groups in total. The first-order chi connectivity index (χ1) is 13.1. The fraction of sp³-hybridized carbons (Fsp3) is 0.300. The highest BCUT2D eigenvalue weighted by Gasteiger charge is 2.09. The van der Waals surface area contributed by atoms with Crippen molar-refractivity contribution >= 4 is 44.2 Å². The highest BCUT2D eigenvalue weighted by atomic mass is 35.5. The van der Waals surface area contributed by atoms with Gasteiger partial charge in [-0.05, 0) is 36.8 Å². The molecule has 0 aliphatic rings. The van der Waals surface area contributed by atoms with Crippen molar-refractivity contribution in [1.82, 2.24) is 4.98 Å². The Morgan fingerprint density at radius 1 is 1.15 bits per heavy atom. The number of carbonyl (C=O) groups is 1. The molecule has 1 heterocycles. The fourth-order valence-electron chi connectivity index (χ4n) is 2.45. The lowest BCUT2D eigenvalue weighted by molar-refractivity contribution is -0.118. The lowest BCUT2D eigenvalue weighted by atomic mass is 10.3. The van der Waals surface area contributed by atoms with E-state index in [1.807, 2.05) is 24.3 Å². The van der Waals surface area contributed by atoms with Crippen molar-refractivity contribution in [3.8, 4) is 11.5 Å². The molecule has 7 heteroatoms. The van der Waals surface area contributed by atoms with Gasteiger partial charge in [-0.15, -0.1) is 0 Å². The van der Waals surface area contributed by atoms with Gasteiger partial charge in [0.05, 0.1) is 16.8 Å². The van der Waals surface area contributed by atoms with E-state index in [0.29, 0.717) is 22.5 Å². The number of anilines is 1. The predicted octanol–water partition coefficient (Wildman–Crippen LogP) is 5.54. The molecule has 0 radical (unpaired) electrons. The molecule has 0 saturated carbocycles. The number of nitrogens with one attached hydrogen (secondary N) is 1. The molecule has 27 heavy (non-hydrogen) atoms. The summed E-state index contributed by atoms with van der Waals surface area (Å²) < 4.78 is 12.2. The summed E-state index contributed by atoms with van der Waals surface area (Å²) in [6, 6.07) is 12.7. The molecule has 5 nitrogen and oxygen atoms in total. The van der Waals surface area contributed by atoms with Gasteiger partial charge in [0.15, 0.2) is 11.7 Å². The van der Waals surface area contributed by atoms with Gasteiger partial charge >= 0.3 is 0 Å². The zero-order chi connectivity index (χ0) is 19.1. The van der Waals surface area contributed by atoms with Crippen molar-refractivity contribution < 1.29 is 14.3 Å². The van der Waals surface area contributed by atoms with Gasteiger partial charge in [0.1, 0.15) is 11.5 Å². The van der Waals surface area contributed by atoms with Crippen LogP contribution in [0.4, 0.5) is 5.13 Å². The number of unbranched alkanes of at least 4 members (excludes halogenated alkanes) is 2. The summed E-state index contributed by atoms with van der Waals surface area (Å²) in [5.74, 6) is 1.07. The SMILES string of the molecule is CCCCCOc1cccc(OCC(=O)Nc2nc3ccc(Cl)cc3s2)c1. The summed E-state index contributed by atoms with van der Waals surface area (Å²) in [6.07, 6.45) is 3.33. The second-order valence-corrected chi connectivity index (χ2v) is 7.47. The Kier molecular flexibility index (Phi) is 6.90. The molecular formula is C20H21ClN2O3S. The van der Waals surface area contributed by atoms with Crippen molar-refractivity contribution in [2.45, 2.75) is 26.2 Å². The van der Waals surface area contributed by atoms with Gasteiger partial charge in [0.2, 0.25) is 0 Å². The Morgan fingerprint density at radius 3 is 2.78 bits per heavy atom. The first-order valence-corrected chi connectivity index (χ1v) is 10.0. The topological polar surface area (TPSA) is 60.5 Å². The molecule has 1 amide bonds. The van der Waals surface area contributed by atoms with Crippen LogP contribution in [0.3, 0.4) is 0 Å². The number of halogens is 1. The molecule has 142 valence electrons. The number of carbonyl (C=O) groups excluding carboxylic acids is 1. The Labute approximate surface area is 167 Å². The smallest absolute Gasteiger partial charge is 0.264 e. The van der Waals surface area contributed by atoms with E-state index in [-0.39, 0.29) is 12.5 Å². The molecule has 3 rings (SSSR count). The maximum absolute atomic E-state index is 12.1. The highest BCUT2D eigenvalue weighted by molar-refractivity contribution is 7.22. The fourth-order valence-corrected chi connectivity index (χ4v) is 3.61. The van der Waals surface area contributed by atoms with Crippen LogP contribution in [0.15, 0.2) is 42.5 Å². The van der Waals surface area contributed by atoms with Crippen LogP contribution in [0.25, 0.3) is 10.2 Å². The van der Waals surface area contributed by atoms with E-state index < -0.39 is 0 Å². The Morgan fingerprint density at radius 2 is 1.96 bits per heavy atom. The normalized spacial score (nSPS) is 10.7. The van der Waals surface area contributed by atoms with E-state index in [1.165, 1.54) is 11.3 Å². The molecule has 0 saturated heterocycles. The second kappa shape index (κ2) is 9.58. The molecule has 2 aromatic carbocycles. The zero-order valence-corrected chi connectivity index (χ0v) is 16.6. The average Bonchev–Trinajstić information content (AvgIpc) is 3.05. The number of rotatable bonds is 9. The summed E-state index contributed by atoms with van der Waals surface area (Å²) in [6.45, 7) is 2.73. The predicted molar refractivity (Wildman–Crippen MR) is 110 cm³/mol. The van der Waals surface area contributed by atoms with Gasteiger partial charge in [0, 0.05) is 11.1 Å². The van der Waals surface area contributed by atoms with Crippen LogP contribution in [-0.2, 0) is 4.79 Å². The van der Waals surface area contributed by atoms with Crippen LogP contribution in [-0.4, -0.2) is 24.1 Å². The maximum Gasteiger partial charge on any atom is 0.264 e. The number of nitrogens with zero attached hydrogens (tertiary/aromatic N) is 1. The van der Waals surface area contributed by atoms with Crippen molar-refractivity contribution in [1.29, 1.82) is 0 Å². The summed E-state index contributed by atoms with van der Waals surface area (Å²) >= 11 is 7.35. The molecule has 3 aromatic rings. The van der Waals surface area contributed by atoms with Crippen molar-refractivity contribution in [2.24, 2.45) is 0 Å². The lowest BCUT2D eigenvalue weighted by Gasteiger charge is -2.09. The van der Waals surface area contributed by atoms with Gasteiger partial charge in [-0.1, -0.05) is 48.8 Å². The third kappa shape index (κ3) is 5.84. The molecule has 0 unspecified atom stereocenters.